The van der Waals surface area contributed by atoms with Crippen LogP contribution in [-0.4, -0.2) is 24.9 Å². The number of ether oxygens (including phenoxy) is 1. The highest BCUT2D eigenvalue weighted by Crippen LogP contribution is 2.20. The average molecular weight is 265 g/mol. The molecule has 3 atom stereocenters. The fourth-order valence-electron chi connectivity index (χ4n) is 2.34. The van der Waals surface area contributed by atoms with E-state index in [1.54, 1.807) is 7.11 Å². The highest BCUT2D eigenvalue weighted by atomic mass is 16.5. The van der Waals surface area contributed by atoms with Crippen LogP contribution >= 0.6 is 0 Å². The Morgan fingerprint density at radius 2 is 1.84 bits per heavy atom. The fraction of sp³-hybridized carbons (Fsp3) is 0.625. The molecule has 3 heteroatoms. The van der Waals surface area contributed by atoms with Crippen LogP contribution in [0.25, 0.3) is 0 Å². The standard InChI is InChI=1S/C16H27NO2/c1-5-16(17-11-12(2)10-13(3)18)14-6-8-15(19-4)9-7-14/h6-9,12-13,16-18H,5,10-11H2,1-4H3. The third-order valence-corrected chi connectivity index (χ3v) is 3.38. The Morgan fingerprint density at radius 1 is 1.21 bits per heavy atom. The van der Waals surface area contributed by atoms with E-state index in [-0.39, 0.29) is 6.10 Å². The number of aliphatic hydroxyl groups is 1. The highest BCUT2D eigenvalue weighted by molar-refractivity contribution is 5.29. The van der Waals surface area contributed by atoms with E-state index in [0.29, 0.717) is 12.0 Å². The van der Waals surface area contributed by atoms with Crippen molar-refractivity contribution in [2.45, 2.75) is 45.8 Å². The summed E-state index contributed by atoms with van der Waals surface area (Å²) in [5.74, 6) is 1.37. The molecule has 0 amide bonds. The topological polar surface area (TPSA) is 41.5 Å². The molecular formula is C16H27NO2. The van der Waals surface area contributed by atoms with Gasteiger partial charge in [-0.1, -0.05) is 26.0 Å². The Kier molecular flexibility index (Phi) is 6.89. The number of hydrogen-bond donors (Lipinski definition) is 2. The second kappa shape index (κ2) is 8.18. The van der Waals surface area contributed by atoms with Crippen molar-refractivity contribution in [3.8, 4) is 5.75 Å². The average Bonchev–Trinajstić information content (AvgIpc) is 2.39. The number of aliphatic hydroxyl groups excluding tert-OH is 1. The lowest BCUT2D eigenvalue weighted by atomic mass is 10.0. The van der Waals surface area contributed by atoms with E-state index in [1.807, 2.05) is 19.1 Å². The smallest absolute Gasteiger partial charge is 0.118 e. The minimum absolute atomic E-state index is 0.224. The Morgan fingerprint density at radius 3 is 2.32 bits per heavy atom. The maximum atomic E-state index is 9.38. The van der Waals surface area contributed by atoms with E-state index in [0.717, 1.165) is 25.1 Å². The molecule has 3 unspecified atom stereocenters. The quantitative estimate of drug-likeness (QED) is 0.758. The third-order valence-electron chi connectivity index (χ3n) is 3.38. The summed E-state index contributed by atoms with van der Waals surface area (Å²) in [4.78, 5) is 0. The summed E-state index contributed by atoms with van der Waals surface area (Å²) >= 11 is 0. The monoisotopic (exact) mass is 265 g/mol. The summed E-state index contributed by atoms with van der Waals surface area (Å²) in [6.45, 7) is 7.12. The molecule has 1 aromatic carbocycles. The Hall–Kier alpha value is -1.06. The Labute approximate surface area is 117 Å². The minimum atomic E-state index is -0.224. The van der Waals surface area contributed by atoms with Crippen LogP contribution in [-0.2, 0) is 0 Å². The second-order valence-corrected chi connectivity index (χ2v) is 5.33. The largest absolute Gasteiger partial charge is 0.497 e. The molecule has 0 radical (unpaired) electrons. The highest BCUT2D eigenvalue weighted by Gasteiger charge is 2.12. The van der Waals surface area contributed by atoms with Crippen molar-refractivity contribution < 1.29 is 9.84 Å². The predicted molar refractivity (Wildman–Crippen MR) is 79.5 cm³/mol. The molecule has 0 heterocycles. The van der Waals surface area contributed by atoms with Crippen LogP contribution in [0.5, 0.6) is 5.75 Å². The molecule has 1 rings (SSSR count). The van der Waals surface area contributed by atoms with Gasteiger partial charge in [0.2, 0.25) is 0 Å². The molecule has 0 saturated carbocycles. The van der Waals surface area contributed by atoms with Crippen LogP contribution in [0.1, 0.15) is 45.2 Å². The van der Waals surface area contributed by atoms with Crippen LogP contribution in [0, 0.1) is 5.92 Å². The van der Waals surface area contributed by atoms with Gasteiger partial charge >= 0.3 is 0 Å². The van der Waals surface area contributed by atoms with Gasteiger partial charge in [0.05, 0.1) is 13.2 Å². The zero-order valence-electron chi connectivity index (χ0n) is 12.5. The molecule has 0 bridgehead atoms. The van der Waals surface area contributed by atoms with Crippen molar-refractivity contribution >= 4 is 0 Å². The first kappa shape index (κ1) is 16.0. The molecule has 0 aliphatic rings. The number of rotatable bonds is 8. The van der Waals surface area contributed by atoms with Gasteiger partial charge in [-0.15, -0.1) is 0 Å². The summed E-state index contributed by atoms with van der Waals surface area (Å²) in [6.07, 6.45) is 1.66. The molecule has 108 valence electrons. The van der Waals surface area contributed by atoms with Crippen molar-refractivity contribution in [1.29, 1.82) is 0 Å². The molecule has 0 aromatic heterocycles. The summed E-state index contributed by atoms with van der Waals surface area (Å²) in [5, 5.41) is 13.0. The SMILES string of the molecule is CCC(NCC(C)CC(C)O)c1ccc(OC)cc1. The Balaban J connectivity index is 2.52. The van der Waals surface area contributed by atoms with Gasteiger partial charge in [-0.05, 0) is 49.9 Å². The number of nitrogens with one attached hydrogen (secondary N) is 1. The van der Waals surface area contributed by atoms with E-state index in [4.69, 9.17) is 4.74 Å². The second-order valence-electron chi connectivity index (χ2n) is 5.33. The zero-order chi connectivity index (χ0) is 14.3. The minimum Gasteiger partial charge on any atom is -0.497 e. The van der Waals surface area contributed by atoms with Crippen molar-refractivity contribution in [2.75, 3.05) is 13.7 Å². The number of methoxy groups -OCH3 is 1. The molecule has 19 heavy (non-hydrogen) atoms. The molecule has 1 aromatic rings. The van der Waals surface area contributed by atoms with Gasteiger partial charge in [0.1, 0.15) is 5.75 Å². The fourth-order valence-corrected chi connectivity index (χ4v) is 2.34. The van der Waals surface area contributed by atoms with Gasteiger partial charge in [0.15, 0.2) is 0 Å². The van der Waals surface area contributed by atoms with Gasteiger partial charge in [0.25, 0.3) is 0 Å². The first-order valence-electron chi connectivity index (χ1n) is 7.12. The maximum absolute atomic E-state index is 9.38. The van der Waals surface area contributed by atoms with Gasteiger partial charge < -0.3 is 15.2 Å². The lowest BCUT2D eigenvalue weighted by Gasteiger charge is -2.21. The lowest BCUT2D eigenvalue weighted by molar-refractivity contribution is 0.162. The molecule has 2 N–H and O–H groups in total. The van der Waals surface area contributed by atoms with Crippen LogP contribution in [0.3, 0.4) is 0 Å². The van der Waals surface area contributed by atoms with E-state index in [2.05, 4.69) is 31.3 Å². The Bertz CT molecular complexity index is 348. The third kappa shape index (κ3) is 5.62. The number of benzene rings is 1. The van der Waals surface area contributed by atoms with Crippen LogP contribution in [0.15, 0.2) is 24.3 Å². The molecule has 0 spiro atoms. The summed E-state index contributed by atoms with van der Waals surface area (Å²) in [5.41, 5.74) is 1.28. The van der Waals surface area contributed by atoms with E-state index in [9.17, 15) is 5.11 Å². The molecule has 0 aliphatic heterocycles. The summed E-state index contributed by atoms with van der Waals surface area (Å²) in [7, 11) is 1.68. The summed E-state index contributed by atoms with van der Waals surface area (Å²) in [6, 6.07) is 8.58. The molecule has 0 fully saturated rings. The van der Waals surface area contributed by atoms with Crippen LogP contribution in [0.4, 0.5) is 0 Å². The lowest BCUT2D eigenvalue weighted by Crippen LogP contribution is -2.27. The van der Waals surface area contributed by atoms with Crippen LogP contribution < -0.4 is 10.1 Å². The normalized spacial score (nSPS) is 15.8. The van der Waals surface area contributed by atoms with E-state index in [1.165, 1.54) is 5.56 Å². The molecule has 3 nitrogen and oxygen atoms in total. The molecule has 0 saturated heterocycles. The van der Waals surface area contributed by atoms with Gasteiger partial charge in [-0.25, -0.2) is 0 Å². The first-order chi connectivity index (χ1) is 9.06. The molecular weight excluding hydrogens is 238 g/mol. The van der Waals surface area contributed by atoms with Gasteiger partial charge in [-0.3, -0.25) is 0 Å². The van der Waals surface area contributed by atoms with Gasteiger partial charge in [0, 0.05) is 6.04 Å². The zero-order valence-corrected chi connectivity index (χ0v) is 12.5. The first-order valence-corrected chi connectivity index (χ1v) is 7.12. The maximum Gasteiger partial charge on any atom is 0.118 e. The van der Waals surface area contributed by atoms with Crippen molar-refractivity contribution in [3.05, 3.63) is 29.8 Å². The number of hydrogen-bond acceptors (Lipinski definition) is 3. The van der Waals surface area contributed by atoms with Crippen molar-refractivity contribution in [3.63, 3.8) is 0 Å². The predicted octanol–water partition coefficient (Wildman–Crippen LogP) is 3.14. The molecule has 0 aliphatic carbocycles. The summed E-state index contributed by atoms with van der Waals surface area (Å²) < 4.78 is 5.18. The van der Waals surface area contributed by atoms with E-state index < -0.39 is 0 Å². The van der Waals surface area contributed by atoms with Crippen LogP contribution in [0.2, 0.25) is 0 Å². The van der Waals surface area contributed by atoms with Crippen molar-refractivity contribution in [2.24, 2.45) is 5.92 Å². The van der Waals surface area contributed by atoms with Crippen molar-refractivity contribution in [1.82, 2.24) is 5.32 Å². The van der Waals surface area contributed by atoms with E-state index >= 15 is 0 Å². The van der Waals surface area contributed by atoms with Gasteiger partial charge in [-0.2, -0.15) is 0 Å².